The van der Waals surface area contributed by atoms with Crippen LogP contribution in [0.4, 0.5) is 5.82 Å². The van der Waals surface area contributed by atoms with Gasteiger partial charge in [-0.1, -0.05) is 0 Å². The molecule has 0 aromatic carbocycles. The molecule has 8 heteroatoms. The highest BCUT2D eigenvalue weighted by molar-refractivity contribution is 7.84. The van der Waals surface area contributed by atoms with Crippen molar-refractivity contribution in [3.63, 3.8) is 0 Å². The topological polar surface area (TPSA) is 64.6 Å². The summed E-state index contributed by atoms with van der Waals surface area (Å²) in [5.41, 5.74) is 0.742. The second-order valence-corrected chi connectivity index (χ2v) is 7.48. The maximum Gasteiger partial charge on any atom is 0.224 e. The van der Waals surface area contributed by atoms with Crippen LogP contribution in [0.25, 0.3) is 0 Å². The Morgan fingerprint density at radius 3 is 2.59 bits per heavy atom. The number of aromatic nitrogens is 2. The lowest BCUT2D eigenvalue weighted by Gasteiger charge is -2.28. The lowest BCUT2D eigenvalue weighted by Crippen LogP contribution is -2.37. The van der Waals surface area contributed by atoms with Gasteiger partial charge in [0.15, 0.2) is 0 Å². The average Bonchev–Trinajstić information content (AvgIpc) is 2.56. The molecule has 2 fully saturated rings. The zero-order valence-electron chi connectivity index (χ0n) is 12.4. The number of anilines is 1. The molecule has 0 saturated carbocycles. The molecule has 1 unspecified atom stereocenters. The molecule has 3 heterocycles. The third-order valence-corrected chi connectivity index (χ3v) is 5.87. The maximum absolute atomic E-state index is 12.5. The minimum absolute atomic E-state index is 0.189. The standard InChI is InChI=1S/C14H20ClN3O3S/c15-14-16-11(10-22(19)12-1-5-20-6-2-12)9-13(17-14)18-3-7-21-8-4-18/h9,12H,1-8,10H2. The van der Waals surface area contributed by atoms with E-state index < -0.39 is 10.8 Å². The zero-order valence-corrected chi connectivity index (χ0v) is 13.9. The summed E-state index contributed by atoms with van der Waals surface area (Å²) >= 11 is 6.04. The third-order valence-electron chi connectivity index (χ3n) is 3.90. The quantitative estimate of drug-likeness (QED) is 0.768. The van der Waals surface area contributed by atoms with Crippen molar-refractivity contribution in [1.82, 2.24) is 9.97 Å². The highest BCUT2D eigenvalue weighted by Gasteiger charge is 2.22. The summed E-state index contributed by atoms with van der Waals surface area (Å²) < 4.78 is 23.1. The van der Waals surface area contributed by atoms with Crippen molar-refractivity contribution in [2.45, 2.75) is 23.8 Å². The third kappa shape index (κ3) is 4.16. The minimum Gasteiger partial charge on any atom is -0.381 e. The maximum atomic E-state index is 12.5. The van der Waals surface area contributed by atoms with Gasteiger partial charge in [0.25, 0.3) is 0 Å². The van der Waals surface area contributed by atoms with Gasteiger partial charge in [0.05, 0.1) is 24.7 Å². The Morgan fingerprint density at radius 2 is 1.86 bits per heavy atom. The highest BCUT2D eigenvalue weighted by Crippen LogP contribution is 2.20. The molecule has 0 amide bonds. The van der Waals surface area contributed by atoms with Gasteiger partial charge in [0, 0.05) is 48.4 Å². The molecule has 2 aliphatic heterocycles. The molecule has 0 radical (unpaired) electrons. The zero-order chi connectivity index (χ0) is 15.4. The van der Waals surface area contributed by atoms with Crippen LogP contribution in [0.1, 0.15) is 18.5 Å². The number of hydrogen-bond donors (Lipinski definition) is 0. The molecule has 0 bridgehead atoms. The minimum atomic E-state index is -0.951. The Kier molecular flexibility index (Phi) is 5.62. The lowest BCUT2D eigenvalue weighted by atomic mass is 10.2. The fourth-order valence-electron chi connectivity index (χ4n) is 2.68. The predicted molar refractivity (Wildman–Crippen MR) is 85.8 cm³/mol. The molecular formula is C14H20ClN3O3S. The Balaban J connectivity index is 1.70. The van der Waals surface area contributed by atoms with Gasteiger partial charge in [0.1, 0.15) is 5.82 Å². The molecule has 3 rings (SSSR count). The van der Waals surface area contributed by atoms with Gasteiger partial charge in [0.2, 0.25) is 5.28 Å². The average molecular weight is 346 g/mol. The van der Waals surface area contributed by atoms with Crippen molar-refractivity contribution in [3.05, 3.63) is 17.0 Å². The van der Waals surface area contributed by atoms with Crippen LogP contribution in [-0.2, 0) is 26.0 Å². The van der Waals surface area contributed by atoms with Crippen molar-refractivity contribution < 1.29 is 13.7 Å². The number of morpholine rings is 1. The van der Waals surface area contributed by atoms with Crippen molar-refractivity contribution in [2.24, 2.45) is 0 Å². The van der Waals surface area contributed by atoms with Crippen LogP contribution < -0.4 is 4.90 Å². The molecule has 6 nitrogen and oxygen atoms in total. The predicted octanol–water partition coefficient (Wildman–Crippen LogP) is 1.39. The van der Waals surface area contributed by atoms with E-state index in [1.807, 2.05) is 6.07 Å². The smallest absolute Gasteiger partial charge is 0.224 e. The van der Waals surface area contributed by atoms with Gasteiger partial charge in [-0.15, -0.1) is 0 Å². The van der Waals surface area contributed by atoms with Crippen molar-refractivity contribution >= 4 is 28.2 Å². The first-order valence-corrected chi connectivity index (χ1v) is 9.29. The summed E-state index contributed by atoms with van der Waals surface area (Å²) in [5, 5.41) is 0.400. The summed E-state index contributed by atoms with van der Waals surface area (Å²) in [6, 6.07) is 1.90. The highest BCUT2D eigenvalue weighted by atomic mass is 35.5. The Morgan fingerprint density at radius 1 is 1.18 bits per heavy atom. The molecular weight excluding hydrogens is 326 g/mol. The van der Waals surface area contributed by atoms with E-state index in [0.29, 0.717) is 32.2 Å². The summed E-state index contributed by atoms with van der Waals surface area (Å²) in [5.74, 6) is 1.21. The van der Waals surface area contributed by atoms with Crippen LogP contribution in [0.2, 0.25) is 5.28 Å². The summed E-state index contributed by atoms with van der Waals surface area (Å²) in [6.07, 6.45) is 1.70. The van der Waals surface area contributed by atoms with Gasteiger partial charge in [-0.05, 0) is 24.4 Å². The molecule has 2 aliphatic rings. The van der Waals surface area contributed by atoms with E-state index in [1.165, 1.54) is 0 Å². The van der Waals surface area contributed by atoms with Crippen LogP contribution in [0, 0.1) is 0 Å². The van der Waals surface area contributed by atoms with E-state index in [1.54, 1.807) is 0 Å². The lowest BCUT2D eigenvalue weighted by molar-refractivity contribution is 0.0992. The number of hydrogen-bond acceptors (Lipinski definition) is 6. The number of halogens is 1. The molecule has 22 heavy (non-hydrogen) atoms. The first kappa shape index (κ1) is 16.1. The van der Waals surface area contributed by atoms with E-state index in [-0.39, 0.29) is 10.5 Å². The van der Waals surface area contributed by atoms with E-state index >= 15 is 0 Å². The van der Waals surface area contributed by atoms with Crippen molar-refractivity contribution in [1.29, 1.82) is 0 Å². The van der Waals surface area contributed by atoms with Crippen LogP contribution >= 0.6 is 11.6 Å². The first-order valence-electron chi connectivity index (χ1n) is 7.53. The summed E-state index contributed by atoms with van der Waals surface area (Å²) in [4.78, 5) is 10.6. The van der Waals surface area contributed by atoms with Gasteiger partial charge in [-0.25, -0.2) is 9.97 Å². The van der Waals surface area contributed by atoms with Crippen molar-refractivity contribution in [2.75, 3.05) is 44.4 Å². The number of ether oxygens (including phenoxy) is 2. The number of rotatable bonds is 4. The number of nitrogens with zero attached hydrogens (tertiary/aromatic N) is 3. The second-order valence-electron chi connectivity index (χ2n) is 5.42. The van der Waals surface area contributed by atoms with E-state index in [0.717, 1.165) is 37.4 Å². The monoisotopic (exact) mass is 345 g/mol. The van der Waals surface area contributed by atoms with E-state index in [9.17, 15) is 4.21 Å². The summed E-state index contributed by atoms with van der Waals surface area (Å²) in [6.45, 7) is 4.33. The van der Waals surface area contributed by atoms with Gasteiger partial charge in [-0.2, -0.15) is 0 Å². The van der Waals surface area contributed by atoms with Crippen LogP contribution in [0.3, 0.4) is 0 Å². The van der Waals surface area contributed by atoms with E-state index in [2.05, 4.69) is 14.9 Å². The molecule has 0 N–H and O–H groups in total. The van der Waals surface area contributed by atoms with Gasteiger partial charge in [-0.3, -0.25) is 4.21 Å². The molecule has 0 spiro atoms. The fraction of sp³-hybridized carbons (Fsp3) is 0.714. The molecule has 0 aliphatic carbocycles. The van der Waals surface area contributed by atoms with Crippen LogP contribution in [-0.4, -0.2) is 58.9 Å². The Labute approximate surface area is 137 Å². The van der Waals surface area contributed by atoms with E-state index in [4.69, 9.17) is 21.1 Å². The second kappa shape index (κ2) is 7.68. The van der Waals surface area contributed by atoms with Crippen molar-refractivity contribution in [3.8, 4) is 0 Å². The Hall–Kier alpha value is -0.760. The summed E-state index contributed by atoms with van der Waals surface area (Å²) in [7, 11) is -0.951. The largest absolute Gasteiger partial charge is 0.381 e. The first-order chi connectivity index (χ1) is 10.7. The van der Waals surface area contributed by atoms with Crippen LogP contribution in [0.5, 0.6) is 0 Å². The normalized spacial score (nSPS) is 21.8. The van der Waals surface area contributed by atoms with Gasteiger partial charge < -0.3 is 14.4 Å². The molecule has 1 aromatic rings. The fourth-order valence-corrected chi connectivity index (χ4v) is 4.27. The Bertz CT molecular complexity index is 534. The molecule has 1 aromatic heterocycles. The molecule has 2 saturated heterocycles. The SMILES string of the molecule is O=S(Cc1cc(N2CCOCC2)nc(Cl)n1)C1CCOCC1. The molecule has 1 atom stereocenters. The molecule has 122 valence electrons. The van der Waals surface area contributed by atoms with Gasteiger partial charge >= 0.3 is 0 Å². The van der Waals surface area contributed by atoms with Crippen LogP contribution in [0.15, 0.2) is 6.07 Å².